The predicted molar refractivity (Wildman–Crippen MR) is 40.5 cm³/mol. The lowest BCUT2D eigenvalue weighted by Crippen LogP contribution is -2.42. The van der Waals surface area contributed by atoms with Crippen molar-refractivity contribution in [2.24, 2.45) is 11.5 Å². The van der Waals surface area contributed by atoms with E-state index in [1.54, 1.807) is 0 Å². The maximum Gasteiger partial charge on any atom is 0.312 e. The molecule has 0 aromatic heterocycles. The fraction of sp³-hybridized carbons (Fsp3) is 0.833. The number of nitrogens with one attached hydrogen (secondary N) is 1. The van der Waals surface area contributed by atoms with Gasteiger partial charge in [0, 0.05) is 12.6 Å². The molecule has 4 heteroatoms. The highest BCUT2D eigenvalue weighted by atomic mass is 16.2. The zero-order valence-corrected chi connectivity index (χ0v) is 6.26. The van der Waals surface area contributed by atoms with Crippen LogP contribution >= 0.6 is 0 Å². The third-order valence-electron chi connectivity index (χ3n) is 1.27. The Morgan fingerprint density at radius 3 is 2.60 bits per heavy atom. The van der Waals surface area contributed by atoms with Gasteiger partial charge in [0.2, 0.25) is 0 Å². The van der Waals surface area contributed by atoms with Crippen LogP contribution in [0.15, 0.2) is 0 Å². The van der Waals surface area contributed by atoms with Crippen LogP contribution in [0.4, 0.5) is 4.79 Å². The van der Waals surface area contributed by atoms with Crippen molar-refractivity contribution >= 4 is 6.03 Å². The van der Waals surface area contributed by atoms with Crippen LogP contribution in [0.1, 0.15) is 19.8 Å². The summed E-state index contributed by atoms with van der Waals surface area (Å²) in [6.07, 6.45) is 1.89. The summed E-state index contributed by atoms with van der Waals surface area (Å²) < 4.78 is 0. The molecule has 0 aromatic rings. The highest BCUT2D eigenvalue weighted by Crippen LogP contribution is 1.92. The molecule has 0 heterocycles. The van der Waals surface area contributed by atoms with E-state index in [1.165, 1.54) is 0 Å². The summed E-state index contributed by atoms with van der Waals surface area (Å²) in [5.74, 6) is 0. The molecule has 10 heavy (non-hydrogen) atoms. The topological polar surface area (TPSA) is 81.1 Å². The average Bonchev–Trinajstić information content (AvgIpc) is 1.86. The van der Waals surface area contributed by atoms with Crippen LogP contribution in [-0.2, 0) is 0 Å². The molecule has 2 amide bonds. The Bertz CT molecular complexity index is 105. The summed E-state index contributed by atoms with van der Waals surface area (Å²) in [7, 11) is 0. The Morgan fingerprint density at radius 2 is 2.30 bits per heavy atom. The van der Waals surface area contributed by atoms with Crippen LogP contribution in [0.2, 0.25) is 0 Å². The van der Waals surface area contributed by atoms with Gasteiger partial charge in [-0.15, -0.1) is 0 Å². The predicted octanol–water partition coefficient (Wildman–Crippen LogP) is -0.218. The number of hydrogen-bond acceptors (Lipinski definition) is 2. The molecule has 0 aromatic carbocycles. The molecule has 0 aliphatic carbocycles. The average molecular weight is 145 g/mol. The quantitative estimate of drug-likeness (QED) is 0.511. The molecule has 0 bridgehead atoms. The first-order chi connectivity index (χ1) is 4.70. The van der Waals surface area contributed by atoms with Crippen LogP contribution in [0.25, 0.3) is 0 Å². The molecular weight excluding hydrogens is 130 g/mol. The van der Waals surface area contributed by atoms with Gasteiger partial charge < -0.3 is 16.8 Å². The Kier molecular flexibility index (Phi) is 4.66. The molecule has 0 fully saturated rings. The lowest BCUT2D eigenvalue weighted by atomic mass is 10.2. The van der Waals surface area contributed by atoms with E-state index in [-0.39, 0.29) is 6.04 Å². The minimum absolute atomic E-state index is 0.0440. The van der Waals surface area contributed by atoms with E-state index in [0.717, 1.165) is 12.8 Å². The zero-order valence-electron chi connectivity index (χ0n) is 6.26. The van der Waals surface area contributed by atoms with Crippen molar-refractivity contribution in [3.63, 3.8) is 0 Å². The monoisotopic (exact) mass is 145 g/mol. The molecule has 0 aliphatic rings. The van der Waals surface area contributed by atoms with Crippen LogP contribution in [0.5, 0.6) is 0 Å². The van der Waals surface area contributed by atoms with Crippen molar-refractivity contribution in [3.8, 4) is 0 Å². The zero-order chi connectivity index (χ0) is 7.98. The van der Waals surface area contributed by atoms with Crippen molar-refractivity contribution in [3.05, 3.63) is 0 Å². The van der Waals surface area contributed by atoms with Crippen molar-refractivity contribution in [2.75, 3.05) is 6.54 Å². The van der Waals surface area contributed by atoms with Gasteiger partial charge in [-0.2, -0.15) is 0 Å². The van der Waals surface area contributed by atoms with Gasteiger partial charge in [-0.25, -0.2) is 4.79 Å². The lowest BCUT2D eigenvalue weighted by Gasteiger charge is -2.13. The fourth-order valence-corrected chi connectivity index (χ4v) is 0.799. The van der Waals surface area contributed by atoms with E-state index < -0.39 is 6.03 Å². The second kappa shape index (κ2) is 5.05. The van der Waals surface area contributed by atoms with Crippen molar-refractivity contribution in [1.82, 2.24) is 5.32 Å². The number of nitrogens with two attached hydrogens (primary N) is 2. The third kappa shape index (κ3) is 4.14. The van der Waals surface area contributed by atoms with Gasteiger partial charge in [0.05, 0.1) is 0 Å². The molecule has 0 saturated carbocycles. The first-order valence-electron chi connectivity index (χ1n) is 3.46. The molecule has 0 rings (SSSR count). The lowest BCUT2D eigenvalue weighted by molar-refractivity contribution is 0.244. The van der Waals surface area contributed by atoms with Gasteiger partial charge in [-0.05, 0) is 6.42 Å². The van der Waals surface area contributed by atoms with Crippen LogP contribution in [0.3, 0.4) is 0 Å². The Labute approximate surface area is 61.0 Å². The smallest absolute Gasteiger partial charge is 0.312 e. The molecule has 1 atom stereocenters. The number of carbonyl (C=O) groups excluding carboxylic acids is 1. The fourth-order valence-electron chi connectivity index (χ4n) is 0.799. The minimum Gasteiger partial charge on any atom is -0.352 e. The molecule has 0 aliphatic heterocycles. The van der Waals surface area contributed by atoms with Gasteiger partial charge >= 0.3 is 6.03 Å². The molecule has 1 unspecified atom stereocenters. The van der Waals surface area contributed by atoms with Gasteiger partial charge in [0.1, 0.15) is 0 Å². The van der Waals surface area contributed by atoms with E-state index in [0.29, 0.717) is 6.54 Å². The second-order valence-electron chi connectivity index (χ2n) is 2.23. The maximum absolute atomic E-state index is 10.3. The van der Waals surface area contributed by atoms with Crippen molar-refractivity contribution in [1.29, 1.82) is 0 Å². The third-order valence-corrected chi connectivity index (χ3v) is 1.27. The number of urea groups is 1. The number of amides is 2. The largest absolute Gasteiger partial charge is 0.352 e. The van der Waals surface area contributed by atoms with Gasteiger partial charge in [-0.1, -0.05) is 13.3 Å². The highest BCUT2D eigenvalue weighted by Gasteiger charge is 2.04. The van der Waals surface area contributed by atoms with Crippen LogP contribution in [0, 0.1) is 0 Å². The first kappa shape index (κ1) is 9.23. The Hall–Kier alpha value is -0.770. The molecular formula is C6H15N3O. The first-order valence-corrected chi connectivity index (χ1v) is 3.46. The molecule has 0 spiro atoms. The Balaban J connectivity index is 3.49. The van der Waals surface area contributed by atoms with Crippen molar-refractivity contribution in [2.45, 2.75) is 25.8 Å². The summed E-state index contributed by atoms with van der Waals surface area (Å²) in [6.45, 7) is 2.49. The van der Waals surface area contributed by atoms with E-state index in [9.17, 15) is 4.79 Å². The summed E-state index contributed by atoms with van der Waals surface area (Å²) in [4.78, 5) is 10.3. The molecule has 5 N–H and O–H groups in total. The standard InChI is InChI=1S/C6H15N3O/c1-2-3-5(4-7)9-6(8)10/h5H,2-4,7H2,1H3,(H3,8,9,10). The van der Waals surface area contributed by atoms with Gasteiger partial charge in [0.25, 0.3) is 0 Å². The van der Waals surface area contributed by atoms with Crippen LogP contribution < -0.4 is 16.8 Å². The molecule has 0 saturated heterocycles. The highest BCUT2D eigenvalue weighted by molar-refractivity contribution is 5.71. The minimum atomic E-state index is -0.496. The van der Waals surface area contributed by atoms with E-state index in [4.69, 9.17) is 11.5 Å². The number of hydrogen-bond donors (Lipinski definition) is 3. The van der Waals surface area contributed by atoms with E-state index in [1.807, 2.05) is 6.92 Å². The maximum atomic E-state index is 10.3. The SMILES string of the molecule is CCCC(CN)NC(N)=O. The summed E-state index contributed by atoms with van der Waals surface area (Å²) in [5, 5.41) is 2.54. The van der Waals surface area contributed by atoms with Gasteiger partial charge in [0.15, 0.2) is 0 Å². The Morgan fingerprint density at radius 1 is 1.70 bits per heavy atom. The van der Waals surface area contributed by atoms with Gasteiger partial charge in [-0.3, -0.25) is 0 Å². The summed E-state index contributed by atoms with van der Waals surface area (Å²) in [5.41, 5.74) is 10.2. The molecule has 0 radical (unpaired) electrons. The van der Waals surface area contributed by atoms with Crippen LogP contribution in [-0.4, -0.2) is 18.6 Å². The van der Waals surface area contributed by atoms with E-state index in [2.05, 4.69) is 5.32 Å². The molecule has 60 valence electrons. The number of carbonyl (C=O) groups is 1. The summed E-state index contributed by atoms with van der Waals surface area (Å²) in [6, 6.07) is -0.452. The van der Waals surface area contributed by atoms with Crippen molar-refractivity contribution < 1.29 is 4.79 Å². The molecule has 4 nitrogen and oxygen atoms in total. The second-order valence-corrected chi connectivity index (χ2v) is 2.23. The number of primary amides is 1. The number of rotatable bonds is 4. The summed E-state index contributed by atoms with van der Waals surface area (Å²) >= 11 is 0. The normalized spacial score (nSPS) is 12.6. The van der Waals surface area contributed by atoms with E-state index >= 15 is 0 Å².